The average molecular weight is 1740 g/mol. The maximum atomic E-state index is 14.3. The summed E-state index contributed by atoms with van der Waals surface area (Å²) in [7, 11) is -18.2. The van der Waals surface area contributed by atoms with Gasteiger partial charge in [0.25, 0.3) is 17.4 Å². The van der Waals surface area contributed by atoms with Crippen molar-refractivity contribution >= 4 is 41.4 Å². The van der Waals surface area contributed by atoms with E-state index in [1.807, 2.05) is 0 Å². The van der Waals surface area contributed by atoms with Gasteiger partial charge >= 0.3 is 41.4 Å². The minimum Gasteiger partial charge on any atom is -0.477 e. The molecule has 0 radical (unpaired) electrons. The SMILES string of the molecule is NCCOP(=O)(O)O[C@H](CO)[C@H]1O[C@@](O[C@@H]2C[C@](O)(C(=O)O)O[C@H]([C@H](O)CO)[C@@H]2O[C@H]2O[C@H]([C@@H](O)CO)[C@@H](OP(=O)(O)OP(=O)(O)OCCN)[C@H](O[C@H]3O[C@H]([C@@H](O)CO[C@H]4O[C@H]([C@@H](O)CO)[C@@H](O)[C@H](O)[C@@H]4O)[C@@H](O)[C@H](O[C@H]4O[C@H](CO)[C@@H](O)[C@H](O)[C@H]4O)[C@@H]3O)[C@@H]2O)(C(=O)O)C[C@@H](O[C@]2(C(=O)O)C[C@@H](O)[C@@H](O)[C@@H]([C@H](O)CO)O2)[C@H]1O. The van der Waals surface area contributed by atoms with Crippen LogP contribution in [0.5, 0.6) is 0 Å². The van der Waals surface area contributed by atoms with E-state index in [9.17, 15) is 181 Å². The molecule has 34 N–H and O–H groups in total. The summed E-state index contributed by atoms with van der Waals surface area (Å²) in [5.41, 5.74) is 10.7. The Kier molecular flexibility index (Phi) is 35.3. The van der Waals surface area contributed by atoms with Gasteiger partial charge in [0.2, 0.25) is 0 Å². The molecule has 0 amide bonds. The van der Waals surface area contributed by atoms with Crippen molar-refractivity contribution in [3.8, 4) is 0 Å². The van der Waals surface area contributed by atoms with Crippen LogP contribution in [0.1, 0.15) is 19.3 Å². The van der Waals surface area contributed by atoms with Crippen molar-refractivity contribution in [2.45, 2.75) is 251 Å². The number of ether oxygens (including phenoxy) is 13. The van der Waals surface area contributed by atoms with Crippen molar-refractivity contribution in [3.63, 3.8) is 0 Å². The lowest BCUT2D eigenvalue weighted by atomic mass is 9.88. The first-order valence-corrected chi connectivity index (χ1v) is 38.6. The second-order valence-electron chi connectivity index (χ2n) is 26.8. The highest BCUT2D eigenvalue weighted by atomic mass is 31.3. The zero-order valence-corrected chi connectivity index (χ0v) is 61.5. The summed E-state index contributed by atoms with van der Waals surface area (Å²) in [5, 5.41) is 297. The van der Waals surface area contributed by atoms with E-state index in [-0.39, 0.29) is 0 Å². The highest BCUT2D eigenvalue weighted by molar-refractivity contribution is 7.61. The van der Waals surface area contributed by atoms with Gasteiger partial charge in [-0.05, 0) is 0 Å². The molecule has 7 fully saturated rings. The lowest BCUT2D eigenvalue weighted by molar-refractivity contribution is -0.409. The van der Waals surface area contributed by atoms with Crippen LogP contribution >= 0.6 is 23.5 Å². The molecule has 0 spiro atoms. The normalized spacial score (nSPS) is 43.7. The van der Waals surface area contributed by atoms with Crippen LogP contribution in [0.15, 0.2) is 0 Å². The summed E-state index contributed by atoms with van der Waals surface area (Å²) in [6.07, 6.45) is -96.6. The average Bonchev–Trinajstić information content (AvgIpc) is 0.739. The quantitative estimate of drug-likeness (QED) is 0.0253. The second kappa shape index (κ2) is 40.9. The number of hydrogen-bond acceptors (Lipinski definition) is 50. The molecule has 41 atom stereocenters. The molecular formula is C55H97N2O54P3. The molecule has 0 aromatic heterocycles. The van der Waals surface area contributed by atoms with Crippen LogP contribution in [0.3, 0.4) is 0 Å². The Labute approximate surface area is 639 Å². The molecule has 7 aliphatic heterocycles. The summed E-state index contributed by atoms with van der Waals surface area (Å²) < 4.78 is 138. The zero-order valence-electron chi connectivity index (χ0n) is 58.8. The van der Waals surface area contributed by atoms with E-state index in [0.29, 0.717) is 0 Å². The summed E-state index contributed by atoms with van der Waals surface area (Å²) >= 11 is 0. The molecule has 114 heavy (non-hydrogen) atoms. The van der Waals surface area contributed by atoms with Gasteiger partial charge < -0.3 is 226 Å². The van der Waals surface area contributed by atoms with Gasteiger partial charge in [0.05, 0.1) is 77.8 Å². The van der Waals surface area contributed by atoms with Crippen molar-refractivity contribution in [2.24, 2.45) is 11.5 Å². The minimum atomic E-state index is -6.57. The number of aliphatic hydroxyl groups excluding tert-OH is 23. The minimum absolute atomic E-state index is 0.541. The number of phosphoric acid groups is 3. The monoisotopic (exact) mass is 1740 g/mol. The van der Waals surface area contributed by atoms with Crippen LogP contribution in [0.4, 0.5) is 0 Å². The molecule has 59 heteroatoms. The fraction of sp³-hybridized carbons (Fsp3) is 0.945. The van der Waals surface area contributed by atoms with Gasteiger partial charge in [0.15, 0.2) is 25.2 Å². The molecule has 56 nitrogen and oxygen atoms in total. The van der Waals surface area contributed by atoms with Crippen molar-refractivity contribution in [1.82, 2.24) is 0 Å². The number of aliphatic hydroxyl groups is 24. The van der Waals surface area contributed by atoms with Crippen LogP contribution in [0.2, 0.25) is 0 Å². The van der Waals surface area contributed by atoms with Crippen molar-refractivity contribution < 1.29 is 265 Å². The third-order valence-corrected chi connectivity index (χ3v) is 22.5. The van der Waals surface area contributed by atoms with Gasteiger partial charge in [0, 0.05) is 32.4 Å². The Morgan fingerprint density at radius 2 is 0.895 bits per heavy atom. The molecule has 666 valence electrons. The topological polar surface area (TPSA) is 928 Å². The van der Waals surface area contributed by atoms with Crippen LogP contribution in [0, 0.1) is 0 Å². The molecule has 3 unspecified atom stereocenters. The van der Waals surface area contributed by atoms with Crippen molar-refractivity contribution in [2.75, 3.05) is 72.6 Å². The van der Waals surface area contributed by atoms with Crippen LogP contribution in [0.25, 0.3) is 0 Å². The summed E-state index contributed by atoms with van der Waals surface area (Å²) in [6.45, 7) is -13.2. The molecule has 0 aromatic carbocycles. The Balaban J connectivity index is 1.40. The number of phosphoric ester groups is 3. The molecule has 7 rings (SSSR count). The van der Waals surface area contributed by atoms with Gasteiger partial charge in [-0.15, -0.1) is 0 Å². The van der Waals surface area contributed by atoms with E-state index >= 15 is 0 Å². The lowest BCUT2D eigenvalue weighted by Gasteiger charge is -2.53. The third-order valence-electron chi connectivity index (χ3n) is 18.8. The molecular weight excluding hydrogens is 1650 g/mol. The number of hydrogen-bond donors (Lipinski definition) is 32. The first-order valence-electron chi connectivity index (χ1n) is 34.2. The predicted octanol–water partition coefficient (Wildman–Crippen LogP) is -18.3. The van der Waals surface area contributed by atoms with Gasteiger partial charge in [-0.1, -0.05) is 0 Å². The number of carbonyl (C=O) groups is 3. The van der Waals surface area contributed by atoms with E-state index in [4.69, 9.17) is 86.6 Å². The standard InChI is InChI=1S/C55H97N2O54P3/c56-1-3-95-112(88,89)109-24(13-63)41-27(72)21(104-54(51(83)84)5-15(64)25(70)38(107-54)17(66)9-59)7-55(108-41,52(85)86)105-22-6-53(87,50(81)82)106-40(19(68)11-61)42(22)101-49-35(80)44(45(39(100-49)18(67)10-60)110-114(92,93)111-113(90,91)96-4-2-57)103-48-34(79)43(102-47-32(77)28(73)26(71)23(12-62)97-47)33(78)37(99-48)20(69)14-94-46-31(76)29(74)30(75)36(98-46)16(65)8-58/h15-49,58-80,87H,1-14,56-57H2,(H,81,82)(H,83,84)(H,85,86)(H,88,89)(H,90,91)(H,92,93)/t15-,16+,17-,18+,19-,20+,21-,22-,23-,24-,25-,26-,27-,28+,29+,30+,31+,32-,33-,34+,35+,36-,37-,38-,39-,40-,41-,42-,43+,44-,45-,46+,47-,48-,49-,53-,54-,55-/m1/s1. The van der Waals surface area contributed by atoms with Gasteiger partial charge in [-0.25, -0.2) is 28.1 Å². The molecule has 7 saturated heterocycles. The number of aliphatic carboxylic acids is 3. The van der Waals surface area contributed by atoms with E-state index in [1.165, 1.54) is 0 Å². The lowest BCUT2D eigenvalue weighted by Crippen LogP contribution is -2.71. The van der Waals surface area contributed by atoms with Gasteiger partial charge in [0.1, 0.15) is 171 Å². The van der Waals surface area contributed by atoms with Crippen LogP contribution in [-0.4, -0.2) is 475 Å². The van der Waals surface area contributed by atoms with E-state index in [1.54, 1.807) is 0 Å². The smallest absolute Gasteiger partial charge is 0.477 e. The summed E-state index contributed by atoms with van der Waals surface area (Å²) in [6, 6.07) is 0. The molecule has 7 heterocycles. The largest absolute Gasteiger partial charge is 0.481 e. The van der Waals surface area contributed by atoms with Crippen LogP contribution < -0.4 is 11.5 Å². The first kappa shape index (κ1) is 98.3. The molecule has 0 bridgehead atoms. The van der Waals surface area contributed by atoms with E-state index < -0.39 is 365 Å². The van der Waals surface area contributed by atoms with Crippen molar-refractivity contribution in [3.05, 3.63) is 0 Å². The van der Waals surface area contributed by atoms with Crippen LogP contribution in [-0.2, 0) is 112 Å². The summed E-state index contributed by atoms with van der Waals surface area (Å²) in [5.74, 6) is -19.1. The van der Waals surface area contributed by atoms with Gasteiger partial charge in [-0.2, -0.15) is 4.31 Å². The van der Waals surface area contributed by atoms with E-state index in [2.05, 4.69) is 8.83 Å². The Morgan fingerprint density at radius 3 is 1.45 bits per heavy atom. The summed E-state index contributed by atoms with van der Waals surface area (Å²) in [4.78, 5) is 73.3. The number of carboxylic acids is 3. The highest BCUT2D eigenvalue weighted by Gasteiger charge is 2.67. The first-order chi connectivity index (χ1) is 53.1. The second-order valence-corrected chi connectivity index (χ2v) is 31.2. The maximum absolute atomic E-state index is 14.3. The zero-order chi connectivity index (χ0) is 85.6. The molecule has 0 aromatic rings. The van der Waals surface area contributed by atoms with E-state index in [0.717, 1.165) is 0 Å². The fourth-order valence-corrected chi connectivity index (χ4v) is 16.2. The number of rotatable bonds is 40. The Morgan fingerprint density at radius 1 is 0.430 bits per heavy atom. The predicted molar refractivity (Wildman–Crippen MR) is 342 cm³/mol. The highest BCUT2D eigenvalue weighted by Crippen LogP contribution is 2.62. The number of carboxylic acid groups (broad SMARTS) is 3. The molecule has 7 aliphatic rings. The van der Waals surface area contributed by atoms with Gasteiger partial charge in [-0.3, -0.25) is 18.1 Å². The number of nitrogens with two attached hydrogens (primary N) is 2. The fourth-order valence-electron chi connectivity index (χ4n) is 13.0. The molecule has 0 aliphatic carbocycles. The van der Waals surface area contributed by atoms with Crippen molar-refractivity contribution in [1.29, 1.82) is 0 Å². The molecule has 0 saturated carbocycles. The third kappa shape index (κ3) is 22.5. The Hall–Kier alpha value is -2.78. The maximum Gasteiger partial charge on any atom is 0.481 e. The Bertz CT molecular complexity index is 3220.